The van der Waals surface area contributed by atoms with Gasteiger partial charge in [-0.1, -0.05) is 63.5 Å². The summed E-state index contributed by atoms with van der Waals surface area (Å²) in [5.74, 6) is 0. The molecule has 3 aliphatic carbocycles. The van der Waals surface area contributed by atoms with Gasteiger partial charge in [0, 0.05) is 0 Å². The standard InChI is InChI=1S/2C4H8.C4H6/c3*1-2-4-3-1/h2*1-4H2;1-2H,3-4H2. The fourth-order valence-electron chi connectivity index (χ4n) is 0.667. The van der Waals surface area contributed by atoms with Crippen LogP contribution in [0.4, 0.5) is 0 Å². The molecular weight excluding hydrogens is 144 g/mol. The van der Waals surface area contributed by atoms with Gasteiger partial charge in [-0.3, -0.25) is 0 Å². The van der Waals surface area contributed by atoms with E-state index in [-0.39, 0.29) is 0 Å². The van der Waals surface area contributed by atoms with Gasteiger partial charge < -0.3 is 0 Å². The van der Waals surface area contributed by atoms with Crippen LogP contribution in [0.1, 0.15) is 64.2 Å². The average molecular weight is 166 g/mol. The molecule has 2 saturated carbocycles. The van der Waals surface area contributed by atoms with E-state index in [1.807, 2.05) is 0 Å². The highest BCUT2D eigenvalue weighted by Gasteiger charge is 1.95. The van der Waals surface area contributed by atoms with E-state index in [9.17, 15) is 0 Å². The fraction of sp³-hybridized carbons (Fsp3) is 0.833. The highest BCUT2D eigenvalue weighted by atomic mass is 14.0. The number of allylic oxidation sites excluding steroid dienone is 2. The van der Waals surface area contributed by atoms with Gasteiger partial charge in [-0.15, -0.1) is 0 Å². The van der Waals surface area contributed by atoms with Crippen molar-refractivity contribution in [1.29, 1.82) is 0 Å². The summed E-state index contributed by atoms with van der Waals surface area (Å²) >= 11 is 0. The van der Waals surface area contributed by atoms with Crippen LogP contribution in [0.5, 0.6) is 0 Å². The molecule has 0 aliphatic heterocycles. The summed E-state index contributed by atoms with van der Waals surface area (Å²) < 4.78 is 0. The van der Waals surface area contributed by atoms with Gasteiger partial charge >= 0.3 is 0 Å². The van der Waals surface area contributed by atoms with Crippen molar-refractivity contribution >= 4 is 0 Å². The summed E-state index contributed by atoms with van der Waals surface area (Å²) in [6.45, 7) is 0. The lowest BCUT2D eigenvalue weighted by molar-refractivity contribution is 0.504. The Labute approximate surface area is 77.1 Å². The second-order valence-electron chi connectivity index (χ2n) is 3.88. The van der Waals surface area contributed by atoms with Gasteiger partial charge in [0.25, 0.3) is 0 Å². The molecule has 3 rings (SSSR count). The maximum atomic E-state index is 2.18. The maximum Gasteiger partial charge on any atom is -0.0316 e. The summed E-state index contributed by atoms with van der Waals surface area (Å²) in [6.07, 6.45) is 19.0. The predicted octanol–water partition coefficient (Wildman–Crippen LogP) is 4.46. The summed E-state index contributed by atoms with van der Waals surface area (Å²) in [4.78, 5) is 0. The van der Waals surface area contributed by atoms with Crippen molar-refractivity contribution in [2.45, 2.75) is 64.2 Å². The molecule has 0 atom stereocenters. The van der Waals surface area contributed by atoms with Gasteiger partial charge in [-0.05, 0) is 12.8 Å². The van der Waals surface area contributed by atoms with Crippen LogP contribution in [-0.4, -0.2) is 0 Å². The summed E-state index contributed by atoms with van der Waals surface area (Å²) in [5.41, 5.74) is 0. The lowest BCUT2D eigenvalue weighted by Gasteiger charge is -2.05. The minimum atomic E-state index is 1.32. The van der Waals surface area contributed by atoms with Crippen LogP contribution < -0.4 is 0 Å². The molecule has 0 saturated heterocycles. The van der Waals surface area contributed by atoms with E-state index in [0.717, 1.165) is 0 Å². The zero-order valence-electron chi connectivity index (χ0n) is 8.23. The van der Waals surface area contributed by atoms with E-state index in [2.05, 4.69) is 12.2 Å². The molecule has 12 heavy (non-hydrogen) atoms. The van der Waals surface area contributed by atoms with Crippen molar-refractivity contribution in [3.8, 4) is 0 Å². The second kappa shape index (κ2) is 7.39. The Morgan fingerprint density at radius 3 is 0.583 bits per heavy atom. The van der Waals surface area contributed by atoms with Crippen molar-refractivity contribution in [3.05, 3.63) is 12.2 Å². The summed E-state index contributed by atoms with van der Waals surface area (Å²) in [7, 11) is 0. The quantitative estimate of drug-likeness (QED) is 0.466. The van der Waals surface area contributed by atoms with Gasteiger partial charge in [-0.2, -0.15) is 0 Å². The Morgan fingerprint density at radius 1 is 0.417 bits per heavy atom. The van der Waals surface area contributed by atoms with E-state index in [4.69, 9.17) is 0 Å². The molecule has 0 nitrogen and oxygen atoms in total. The SMILES string of the molecule is C1=CCC1.C1CCC1.C1CCC1. The highest BCUT2D eigenvalue weighted by Crippen LogP contribution is 2.15. The van der Waals surface area contributed by atoms with Crippen LogP contribution in [0.2, 0.25) is 0 Å². The van der Waals surface area contributed by atoms with Crippen molar-refractivity contribution in [2.75, 3.05) is 0 Å². The third-order valence-corrected chi connectivity index (χ3v) is 2.67. The number of hydrogen-bond donors (Lipinski definition) is 0. The van der Waals surface area contributed by atoms with Crippen molar-refractivity contribution in [3.63, 3.8) is 0 Å². The first-order chi connectivity index (χ1) is 6.00. The third kappa shape index (κ3) is 5.40. The Bertz CT molecular complexity index is 83.2. The zero-order valence-corrected chi connectivity index (χ0v) is 8.23. The van der Waals surface area contributed by atoms with Crippen LogP contribution in [0.3, 0.4) is 0 Å². The molecule has 0 N–H and O–H groups in total. The summed E-state index contributed by atoms with van der Waals surface area (Å²) in [6, 6.07) is 0. The molecule has 0 unspecified atom stereocenters. The van der Waals surface area contributed by atoms with Crippen LogP contribution in [-0.2, 0) is 0 Å². The van der Waals surface area contributed by atoms with Crippen molar-refractivity contribution in [2.24, 2.45) is 0 Å². The Kier molecular flexibility index (Phi) is 6.05. The Morgan fingerprint density at radius 2 is 0.583 bits per heavy atom. The minimum Gasteiger partial charge on any atom is -0.0882 e. The molecule has 0 heterocycles. The van der Waals surface area contributed by atoms with E-state index in [1.165, 1.54) is 64.2 Å². The molecule has 0 spiro atoms. The monoisotopic (exact) mass is 166 g/mol. The first kappa shape index (κ1) is 9.83. The van der Waals surface area contributed by atoms with Gasteiger partial charge in [-0.25, -0.2) is 0 Å². The third-order valence-electron chi connectivity index (χ3n) is 2.67. The molecule has 0 aromatic rings. The van der Waals surface area contributed by atoms with Gasteiger partial charge in [0.05, 0.1) is 0 Å². The predicted molar refractivity (Wildman–Crippen MR) is 55.3 cm³/mol. The lowest BCUT2D eigenvalue weighted by atomic mass is 10.0. The molecule has 3 aliphatic rings. The molecule has 0 heteroatoms. The Hall–Kier alpha value is -0.260. The van der Waals surface area contributed by atoms with Crippen molar-refractivity contribution < 1.29 is 0 Å². The van der Waals surface area contributed by atoms with Crippen LogP contribution in [0.15, 0.2) is 12.2 Å². The molecule has 0 amide bonds. The van der Waals surface area contributed by atoms with Gasteiger partial charge in [0.2, 0.25) is 0 Å². The second-order valence-corrected chi connectivity index (χ2v) is 3.88. The normalized spacial score (nSPS) is 22.7. The van der Waals surface area contributed by atoms with Crippen LogP contribution >= 0.6 is 0 Å². The first-order valence-corrected chi connectivity index (χ1v) is 5.65. The lowest BCUT2D eigenvalue weighted by Crippen LogP contribution is -1.85. The molecule has 0 radical (unpaired) electrons. The molecular formula is C12H22. The van der Waals surface area contributed by atoms with Gasteiger partial charge in [0.1, 0.15) is 0 Å². The molecule has 0 bridgehead atoms. The van der Waals surface area contributed by atoms with Crippen molar-refractivity contribution in [1.82, 2.24) is 0 Å². The zero-order chi connectivity index (χ0) is 8.49. The molecule has 0 aromatic carbocycles. The molecule has 70 valence electrons. The molecule has 0 aromatic heterocycles. The number of hydrogen-bond acceptors (Lipinski definition) is 0. The van der Waals surface area contributed by atoms with E-state index in [1.54, 1.807) is 0 Å². The topological polar surface area (TPSA) is 0 Å². The molecule has 2 fully saturated rings. The number of rotatable bonds is 0. The van der Waals surface area contributed by atoms with Crippen LogP contribution in [0.25, 0.3) is 0 Å². The van der Waals surface area contributed by atoms with E-state index >= 15 is 0 Å². The Balaban J connectivity index is 0.0000000900. The van der Waals surface area contributed by atoms with E-state index in [0.29, 0.717) is 0 Å². The minimum absolute atomic E-state index is 1.32. The summed E-state index contributed by atoms with van der Waals surface area (Å²) in [5, 5.41) is 0. The van der Waals surface area contributed by atoms with Gasteiger partial charge in [0.15, 0.2) is 0 Å². The smallest absolute Gasteiger partial charge is 0.0316 e. The first-order valence-electron chi connectivity index (χ1n) is 5.65. The van der Waals surface area contributed by atoms with Crippen LogP contribution in [0, 0.1) is 0 Å². The highest BCUT2D eigenvalue weighted by molar-refractivity contribution is 4.92. The maximum absolute atomic E-state index is 2.18. The fourth-order valence-corrected chi connectivity index (χ4v) is 0.667. The largest absolute Gasteiger partial charge is 0.0882 e. The average Bonchev–Trinajstić information content (AvgIpc) is 1.41. The van der Waals surface area contributed by atoms with E-state index < -0.39 is 0 Å².